The molecule has 0 saturated carbocycles. The zero-order chi connectivity index (χ0) is 13.2. The number of hydrogen-bond acceptors (Lipinski definition) is 2. The summed E-state index contributed by atoms with van der Waals surface area (Å²) in [4.78, 5) is 0.907. The Balaban J connectivity index is 1.80. The van der Waals surface area contributed by atoms with Crippen molar-refractivity contribution in [3.8, 4) is 0 Å². The van der Waals surface area contributed by atoms with Gasteiger partial charge in [-0.05, 0) is 54.2 Å². The van der Waals surface area contributed by atoms with Gasteiger partial charge in [-0.2, -0.15) is 0 Å². The molecule has 2 aromatic rings. The fourth-order valence-electron chi connectivity index (χ4n) is 3.02. The fraction of sp³-hybridized carbons (Fsp3) is 0.375. The highest BCUT2D eigenvalue weighted by Crippen LogP contribution is 2.40. The van der Waals surface area contributed by atoms with Crippen molar-refractivity contribution in [2.45, 2.75) is 37.7 Å². The van der Waals surface area contributed by atoms with Crippen molar-refractivity contribution >= 4 is 22.9 Å². The summed E-state index contributed by atoms with van der Waals surface area (Å²) in [5.41, 5.74) is 2.86. The zero-order valence-electron chi connectivity index (χ0n) is 10.7. The first-order valence-corrected chi connectivity index (χ1v) is 8.00. The van der Waals surface area contributed by atoms with Crippen LogP contribution in [0.4, 0.5) is 0 Å². The molecule has 0 bridgehead atoms. The van der Waals surface area contributed by atoms with Gasteiger partial charge in [0.25, 0.3) is 0 Å². The van der Waals surface area contributed by atoms with Gasteiger partial charge in [0.15, 0.2) is 0 Å². The first-order chi connectivity index (χ1) is 9.25. The van der Waals surface area contributed by atoms with Gasteiger partial charge in [0.05, 0.1) is 16.0 Å². The molecule has 1 heterocycles. The number of aliphatic hydroxyl groups is 1. The van der Waals surface area contributed by atoms with Crippen LogP contribution in [0.25, 0.3) is 0 Å². The Morgan fingerprint density at radius 3 is 2.95 bits per heavy atom. The Bertz CT molecular complexity index is 563. The molecule has 3 heteroatoms. The summed E-state index contributed by atoms with van der Waals surface area (Å²) in [5.74, 6) is 0.457. The molecule has 0 radical (unpaired) electrons. The van der Waals surface area contributed by atoms with E-state index in [4.69, 9.17) is 11.6 Å². The number of aliphatic hydroxyl groups excluding tert-OH is 1. The number of fused-ring (bicyclic) bond motifs is 1. The van der Waals surface area contributed by atoms with E-state index in [0.717, 1.165) is 17.7 Å². The quantitative estimate of drug-likeness (QED) is 0.849. The summed E-state index contributed by atoms with van der Waals surface area (Å²) in [6.45, 7) is 0. The summed E-state index contributed by atoms with van der Waals surface area (Å²) in [6, 6.07) is 10.5. The maximum atomic E-state index is 10.4. The van der Waals surface area contributed by atoms with E-state index in [1.165, 1.54) is 24.0 Å². The number of thiophene rings is 1. The van der Waals surface area contributed by atoms with Crippen LogP contribution in [0.15, 0.2) is 35.7 Å². The number of halogens is 1. The van der Waals surface area contributed by atoms with Gasteiger partial charge in [-0.25, -0.2) is 0 Å². The smallest absolute Gasteiger partial charge is 0.0902 e. The molecule has 0 amide bonds. The molecule has 2 unspecified atom stereocenters. The molecule has 100 valence electrons. The Labute approximate surface area is 122 Å². The minimum Gasteiger partial charge on any atom is -0.388 e. The van der Waals surface area contributed by atoms with Gasteiger partial charge in [0.2, 0.25) is 0 Å². The molecule has 1 aliphatic carbocycles. The lowest BCUT2D eigenvalue weighted by atomic mass is 9.80. The van der Waals surface area contributed by atoms with Gasteiger partial charge in [-0.3, -0.25) is 0 Å². The molecule has 1 aromatic carbocycles. The molecule has 1 aromatic heterocycles. The van der Waals surface area contributed by atoms with Crippen molar-refractivity contribution in [1.82, 2.24) is 0 Å². The van der Waals surface area contributed by atoms with Crippen molar-refractivity contribution in [2.24, 2.45) is 0 Å². The molecular formula is C16H17ClOS. The SMILES string of the molecule is OC(CC1CCCc2ccccc21)c1sccc1Cl. The monoisotopic (exact) mass is 292 g/mol. The highest BCUT2D eigenvalue weighted by atomic mass is 35.5. The summed E-state index contributed by atoms with van der Waals surface area (Å²) >= 11 is 7.65. The van der Waals surface area contributed by atoms with E-state index in [9.17, 15) is 5.11 Å². The van der Waals surface area contributed by atoms with Gasteiger partial charge < -0.3 is 5.11 Å². The van der Waals surface area contributed by atoms with Gasteiger partial charge in [-0.1, -0.05) is 35.9 Å². The highest BCUT2D eigenvalue weighted by Gasteiger charge is 2.24. The average molecular weight is 293 g/mol. The number of rotatable bonds is 3. The molecule has 0 saturated heterocycles. The third-order valence-electron chi connectivity index (χ3n) is 3.95. The van der Waals surface area contributed by atoms with Gasteiger partial charge in [0.1, 0.15) is 0 Å². The molecular weight excluding hydrogens is 276 g/mol. The van der Waals surface area contributed by atoms with Crippen molar-refractivity contribution in [3.63, 3.8) is 0 Å². The second-order valence-electron chi connectivity index (χ2n) is 5.17. The third-order valence-corrected chi connectivity index (χ3v) is 5.41. The van der Waals surface area contributed by atoms with Crippen LogP contribution >= 0.6 is 22.9 Å². The number of hydrogen-bond donors (Lipinski definition) is 1. The Morgan fingerprint density at radius 1 is 1.32 bits per heavy atom. The lowest BCUT2D eigenvalue weighted by Gasteiger charge is -2.27. The molecule has 19 heavy (non-hydrogen) atoms. The van der Waals surface area contributed by atoms with Crippen LogP contribution < -0.4 is 0 Å². The molecule has 0 aliphatic heterocycles. The summed E-state index contributed by atoms with van der Waals surface area (Å²) in [7, 11) is 0. The van der Waals surface area contributed by atoms with Crippen molar-refractivity contribution < 1.29 is 5.11 Å². The van der Waals surface area contributed by atoms with Gasteiger partial charge >= 0.3 is 0 Å². The average Bonchev–Trinajstić information content (AvgIpc) is 2.85. The molecule has 0 fully saturated rings. The minimum atomic E-state index is -0.441. The molecule has 3 rings (SSSR count). The Hall–Kier alpha value is -0.830. The van der Waals surface area contributed by atoms with E-state index in [2.05, 4.69) is 24.3 Å². The maximum absolute atomic E-state index is 10.4. The first-order valence-electron chi connectivity index (χ1n) is 6.74. The lowest BCUT2D eigenvalue weighted by Crippen LogP contribution is -2.12. The first kappa shape index (κ1) is 13.2. The number of benzene rings is 1. The van der Waals surface area contributed by atoms with Crippen molar-refractivity contribution in [3.05, 3.63) is 56.7 Å². The van der Waals surface area contributed by atoms with Crippen LogP contribution in [-0.2, 0) is 6.42 Å². The maximum Gasteiger partial charge on any atom is 0.0902 e. The third kappa shape index (κ3) is 2.71. The van der Waals surface area contributed by atoms with E-state index >= 15 is 0 Å². The van der Waals surface area contributed by atoms with Gasteiger partial charge in [-0.15, -0.1) is 11.3 Å². The van der Waals surface area contributed by atoms with Crippen LogP contribution in [0, 0.1) is 0 Å². The van der Waals surface area contributed by atoms with Crippen LogP contribution in [0.3, 0.4) is 0 Å². The van der Waals surface area contributed by atoms with Crippen LogP contribution in [-0.4, -0.2) is 5.11 Å². The second-order valence-corrected chi connectivity index (χ2v) is 6.53. The highest BCUT2D eigenvalue weighted by molar-refractivity contribution is 7.10. The zero-order valence-corrected chi connectivity index (χ0v) is 12.3. The predicted octanol–water partition coefficient (Wildman–Crippen LogP) is 4.95. The molecule has 1 aliphatic rings. The standard InChI is InChI=1S/C16H17ClOS/c17-14-8-9-19-16(14)15(18)10-12-6-3-5-11-4-1-2-7-13(11)12/h1-2,4,7-9,12,15,18H,3,5-6,10H2. The number of aryl methyl sites for hydroxylation is 1. The van der Waals surface area contributed by atoms with Crippen LogP contribution in [0.2, 0.25) is 5.02 Å². The second kappa shape index (κ2) is 5.66. The molecule has 0 spiro atoms. The van der Waals surface area contributed by atoms with Crippen molar-refractivity contribution in [2.75, 3.05) is 0 Å². The van der Waals surface area contributed by atoms with Crippen LogP contribution in [0.5, 0.6) is 0 Å². The summed E-state index contributed by atoms with van der Waals surface area (Å²) in [5, 5.41) is 13.0. The normalized spacial score (nSPS) is 20.0. The van der Waals surface area contributed by atoms with Gasteiger partial charge in [0, 0.05) is 0 Å². The Kier molecular flexibility index (Phi) is 3.92. The Morgan fingerprint density at radius 2 is 2.16 bits per heavy atom. The summed E-state index contributed by atoms with van der Waals surface area (Å²) < 4.78 is 0. The van der Waals surface area contributed by atoms with E-state index in [0.29, 0.717) is 10.9 Å². The topological polar surface area (TPSA) is 20.2 Å². The molecule has 1 N–H and O–H groups in total. The van der Waals surface area contributed by atoms with E-state index in [1.807, 2.05) is 11.4 Å². The van der Waals surface area contributed by atoms with E-state index < -0.39 is 6.10 Å². The fourth-order valence-corrected chi connectivity index (χ4v) is 4.20. The molecule has 1 nitrogen and oxygen atoms in total. The predicted molar refractivity (Wildman–Crippen MR) is 81.0 cm³/mol. The van der Waals surface area contributed by atoms with E-state index in [-0.39, 0.29) is 0 Å². The van der Waals surface area contributed by atoms with Crippen LogP contribution in [0.1, 0.15) is 47.3 Å². The lowest BCUT2D eigenvalue weighted by molar-refractivity contribution is 0.157. The van der Waals surface area contributed by atoms with Crippen molar-refractivity contribution in [1.29, 1.82) is 0 Å². The largest absolute Gasteiger partial charge is 0.388 e. The minimum absolute atomic E-state index is 0.441. The molecule has 2 atom stereocenters. The van der Waals surface area contributed by atoms with E-state index in [1.54, 1.807) is 11.3 Å². The summed E-state index contributed by atoms with van der Waals surface area (Å²) in [6.07, 6.45) is 3.88.